The van der Waals surface area contributed by atoms with Crippen LogP contribution < -0.4 is 37.9 Å². The van der Waals surface area contributed by atoms with Crippen molar-refractivity contribution in [3.05, 3.63) is 53.1 Å². The van der Waals surface area contributed by atoms with E-state index in [1.54, 1.807) is 6.92 Å². The number of rotatable bonds is 13. The number of ether oxygens (including phenoxy) is 9. The molecular weight excluding hydrogens is 1020 g/mol. The summed E-state index contributed by atoms with van der Waals surface area (Å²) in [6.07, 6.45) is 0. The molecule has 0 aliphatic rings. The predicted molar refractivity (Wildman–Crippen MR) is 221 cm³/mol. The summed E-state index contributed by atoms with van der Waals surface area (Å²) in [7, 11) is 8.52. The Morgan fingerprint density at radius 2 is 0.810 bits per heavy atom. The van der Waals surface area contributed by atoms with Gasteiger partial charge in [0.15, 0.2) is 51.8 Å². The van der Waals surface area contributed by atoms with E-state index in [9.17, 15) is 33.9 Å². The molecule has 58 heavy (non-hydrogen) atoms. The maximum atomic E-state index is 11.6. The minimum atomic E-state index is -0.494. The fraction of sp³-hybridized carbons (Fsp3) is 0.368. The number of methoxy groups -OCH3 is 6. The van der Waals surface area contributed by atoms with Gasteiger partial charge in [-0.25, -0.2) is 0 Å². The Kier molecular flexibility index (Phi) is 29.5. The molecular formula is C38H47Br3CuO16. The van der Waals surface area contributed by atoms with Crippen LogP contribution in [-0.2, 0) is 30.5 Å². The van der Waals surface area contributed by atoms with Gasteiger partial charge in [0.1, 0.15) is 0 Å². The van der Waals surface area contributed by atoms with E-state index < -0.39 is 11.9 Å². The number of benzene rings is 3. The monoisotopic (exact) mass is 1060 g/mol. The molecule has 0 unspecified atom stereocenters. The molecule has 1 N–H and O–H groups in total. The summed E-state index contributed by atoms with van der Waals surface area (Å²) in [4.78, 5) is 65.8. The van der Waals surface area contributed by atoms with Crippen LogP contribution in [-0.4, -0.2) is 95.0 Å². The Balaban J connectivity index is 0. The molecule has 0 aromatic heterocycles. The van der Waals surface area contributed by atoms with E-state index in [4.69, 9.17) is 37.9 Å². The van der Waals surface area contributed by atoms with Gasteiger partial charge in [-0.1, -0.05) is 15.9 Å². The first-order valence-corrected chi connectivity index (χ1v) is 22.0. The van der Waals surface area contributed by atoms with Gasteiger partial charge in [0.25, 0.3) is 0 Å². The van der Waals surface area contributed by atoms with E-state index in [-0.39, 0.29) is 80.4 Å². The van der Waals surface area contributed by atoms with Crippen molar-refractivity contribution in [3.63, 3.8) is 0 Å². The van der Waals surface area contributed by atoms with E-state index in [0.29, 0.717) is 23.3 Å². The first-order valence-electron chi connectivity index (χ1n) is 16.2. The van der Waals surface area contributed by atoms with Crippen LogP contribution in [0.5, 0.6) is 51.7 Å². The van der Waals surface area contributed by atoms with E-state index in [1.807, 2.05) is 0 Å². The molecule has 0 aliphatic carbocycles. The molecule has 0 heterocycles. The summed E-state index contributed by atoms with van der Waals surface area (Å²) in [6.45, 7) is 9.07. The number of hydrogen-bond donors (Lipinski definition) is 1. The molecule has 3 aromatic rings. The van der Waals surface area contributed by atoms with Crippen LogP contribution in [0.3, 0.4) is 0 Å². The number of phenolic OH excluding ortho intramolecular Hbond substituents is 1. The van der Waals surface area contributed by atoms with Gasteiger partial charge in [-0.3, -0.25) is 28.8 Å². The third-order valence-electron chi connectivity index (χ3n) is 6.50. The van der Waals surface area contributed by atoms with Crippen LogP contribution in [0.25, 0.3) is 0 Å². The first kappa shape index (κ1) is 55.7. The summed E-state index contributed by atoms with van der Waals surface area (Å²) in [5.41, 5.74) is 1.28. The van der Waals surface area contributed by atoms with Crippen molar-refractivity contribution in [2.24, 2.45) is 0 Å². The van der Waals surface area contributed by atoms with Gasteiger partial charge in [-0.15, -0.1) is 0 Å². The van der Waals surface area contributed by atoms with Gasteiger partial charge >= 0.3 is 57.5 Å². The molecule has 0 atom stereocenters. The topological polar surface area (TPSA) is 206 Å². The van der Waals surface area contributed by atoms with E-state index in [0.717, 1.165) is 0 Å². The third kappa shape index (κ3) is 20.4. The van der Waals surface area contributed by atoms with Gasteiger partial charge < -0.3 is 47.7 Å². The summed E-state index contributed by atoms with van der Waals surface area (Å²) in [6, 6.07) is 8.96. The van der Waals surface area contributed by atoms with Crippen LogP contribution in [0.4, 0.5) is 0 Å². The molecule has 0 fully saturated rings. The Morgan fingerprint density at radius 1 is 0.534 bits per heavy atom. The van der Waals surface area contributed by atoms with E-state index in [1.165, 1.54) is 125 Å². The standard InChI is InChI=1S/C12H13BrO5.C12H14O5.C10H12O4.C4H8O2.2BrH.Cu/c1-7(14)18-12-10(16-2)4-8(9(15)6-13)5-11(12)17-3;1-7(13)9-5-10(15-3)12(17-8(2)14)11(6-9)16-4;1-6(11)7-4-8(13-2)10(12)9(5-7)14-3;1-3-6-4(2)5;;;/h4-5H,6H2,1-3H3;5-6H,1-4H3;4-5,12H,1-3H3;3H2,1-2H3;2*1H;/q;;;;;;+2/p-2. The zero-order valence-corrected chi connectivity index (χ0v) is 39.6. The first-order chi connectivity index (χ1) is 27.3. The molecule has 0 aliphatic heterocycles. The van der Waals surface area contributed by atoms with Gasteiger partial charge in [0, 0.05) is 37.5 Å². The fourth-order valence-corrected chi connectivity index (χ4v) is 4.31. The summed E-state index contributed by atoms with van der Waals surface area (Å²) in [5.74, 6) is 0.256. The third-order valence-corrected chi connectivity index (χ3v) is 7.01. The Bertz CT molecular complexity index is 1760. The quantitative estimate of drug-likeness (QED) is 0.0568. The molecule has 0 radical (unpaired) electrons. The minimum absolute atomic E-state index is 0.0972. The molecule has 327 valence electrons. The molecule has 0 saturated heterocycles. The number of aromatic hydroxyl groups is 1. The van der Waals surface area contributed by atoms with Crippen molar-refractivity contribution >= 4 is 79.4 Å². The number of halogens is 3. The molecule has 0 amide bonds. The fourth-order valence-electron chi connectivity index (χ4n) is 3.99. The Labute approximate surface area is 366 Å². The van der Waals surface area contributed by atoms with Crippen molar-refractivity contribution in [1.29, 1.82) is 0 Å². The zero-order valence-electron chi connectivity index (χ0n) is 33.9. The van der Waals surface area contributed by atoms with Gasteiger partial charge in [-0.05, 0) is 57.2 Å². The van der Waals surface area contributed by atoms with Gasteiger partial charge in [0.2, 0.25) is 17.2 Å². The average molecular weight is 1060 g/mol. The SMILES string of the molecule is CCOC(C)=O.COc1cc(C(=O)CBr)cc(OC)c1OC(C)=O.COc1cc(C(C)=O)cc(OC)c1O.COc1cc(C(C)=O)cc(OC)c1OC(C)=O.[Br][Cu][Br]. The van der Waals surface area contributed by atoms with Crippen molar-refractivity contribution in [3.8, 4) is 51.7 Å². The molecule has 3 aromatic carbocycles. The average Bonchev–Trinajstić information content (AvgIpc) is 3.18. The number of carbonyl (C=O) groups is 6. The molecule has 0 saturated carbocycles. The van der Waals surface area contributed by atoms with Crippen LogP contribution in [0.2, 0.25) is 0 Å². The van der Waals surface area contributed by atoms with E-state index in [2.05, 4.69) is 48.9 Å². The number of esters is 3. The second-order valence-corrected chi connectivity index (χ2v) is 15.8. The second kappa shape index (κ2) is 30.7. The number of phenols is 1. The number of alkyl halides is 1. The summed E-state index contributed by atoms with van der Waals surface area (Å²) in [5, 5.41) is 9.72. The molecule has 16 nitrogen and oxygen atoms in total. The van der Waals surface area contributed by atoms with Gasteiger partial charge in [0.05, 0.1) is 54.6 Å². The van der Waals surface area contributed by atoms with E-state index >= 15 is 0 Å². The number of ketones is 3. The normalized spacial score (nSPS) is 9.36. The second-order valence-electron chi connectivity index (χ2n) is 10.5. The summed E-state index contributed by atoms with van der Waals surface area (Å²) < 4.78 is 44.5. The van der Waals surface area contributed by atoms with Crippen LogP contribution in [0, 0.1) is 0 Å². The number of hydrogen-bond acceptors (Lipinski definition) is 16. The Morgan fingerprint density at radius 3 is 1.00 bits per heavy atom. The van der Waals surface area contributed by atoms with Crippen LogP contribution in [0.1, 0.15) is 72.6 Å². The molecule has 20 heteroatoms. The summed E-state index contributed by atoms with van der Waals surface area (Å²) >= 11 is 10.5. The predicted octanol–water partition coefficient (Wildman–Crippen LogP) is 7.91. The Hall–Kier alpha value is -4.36. The van der Waals surface area contributed by atoms with Crippen molar-refractivity contribution < 1.29 is 87.8 Å². The molecule has 3 rings (SSSR count). The number of Topliss-reactive ketones (excluding diaryl/α,β-unsaturated/α-hetero) is 3. The van der Waals surface area contributed by atoms with Crippen molar-refractivity contribution in [2.75, 3.05) is 54.6 Å². The van der Waals surface area contributed by atoms with Crippen LogP contribution >= 0.6 is 44.2 Å². The molecule has 0 bridgehead atoms. The maximum absolute atomic E-state index is 11.6. The zero-order chi connectivity index (χ0) is 45.1. The van der Waals surface area contributed by atoms with Crippen molar-refractivity contribution in [1.82, 2.24) is 0 Å². The molecule has 0 spiro atoms. The number of carbonyl (C=O) groups excluding carboxylic acids is 6. The van der Waals surface area contributed by atoms with Gasteiger partial charge in [-0.2, -0.15) is 0 Å². The van der Waals surface area contributed by atoms with Crippen LogP contribution in [0.15, 0.2) is 36.4 Å². The van der Waals surface area contributed by atoms with Crippen molar-refractivity contribution in [2.45, 2.75) is 41.5 Å².